The predicted molar refractivity (Wildman–Crippen MR) is 71.4 cm³/mol. The molecule has 0 spiro atoms. The molecule has 3 rings (SSSR count). The molecule has 5 atom stereocenters. The Labute approximate surface area is 132 Å². The highest BCUT2D eigenvalue weighted by molar-refractivity contribution is 7.85. The maximum atomic E-state index is 12.1. The first-order valence-electron chi connectivity index (χ1n) is 7.24. The van der Waals surface area contributed by atoms with Gasteiger partial charge in [0.2, 0.25) is 0 Å². The Kier molecular flexibility index (Phi) is 4.05. The van der Waals surface area contributed by atoms with Gasteiger partial charge in [-0.25, -0.2) is 4.79 Å². The predicted octanol–water partition coefficient (Wildman–Crippen LogP) is -0.842. The Morgan fingerprint density at radius 3 is 2.70 bits per heavy atom. The lowest BCUT2D eigenvalue weighted by Crippen LogP contribution is -2.35. The molecule has 3 aliphatic rings. The topological polar surface area (TPSA) is 133 Å². The summed E-state index contributed by atoms with van der Waals surface area (Å²) in [5.74, 6) is -3.07. The van der Waals surface area contributed by atoms with Crippen molar-refractivity contribution in [2.45, 2.75) is 18.9 Å². The number of carbonyl (C=O) groups excluding carboxylic acids is 3. The van der Waals surface area contributed by atoms with E-state index >= 15 is 0 Å². The lowest BCUT2D eigenvalue weighted by atomic mass is 9.82. The molecule has 23 heavy (non-hydrogen) atoms. The van der Waals surface area contributed by atoms with Crippen LogP contribution in [0.25, 0.3) is 0 Å². The van der Waals surface area contributed by atoms with Gasteiger partial charge in [0.15, 0.2) is 6.61 Å². The molecule has 0 amide bonds. The summed E-state index contributed by atoms with van der Waals surface area (Å²) in [4.78, 5) is 35.1. The molecule has 1 N–H and O–H groups in total. The molecule has 3 fully saturated rings. The summed E-state index contributed by atoms with van der Waals surface area (Å²) in [7, 11) is -4.21. The van der Waals surface area contributed by atoms with Crippen LogP contribution in [0.3, 0.4) is 0 Å². The molecule has 2 aliphatic carbocycles. The normalized spacial score (nSPS) is 34.3. The molecule has 1 saturated heterocycles. The highest BCUT2D eigenvalue weighted by Gasteiger charge is 2.64. The van der Waals surface area contributed by atoms with Crippen LogP contribution in [0.4, 0.5) is 0 Å². The molecule has 2 bridgehead atoms. The summed E-state index contributed by atoms with van der Waals surface area (Å²) in [6.07, 6.45) is 0.896. The van der Waals surface area contributed by atoms with Crippen molar-refractivity contribution in [3.63, 3.8) is 0 Å². The van der Waals surface area contributed by atoms with Crippen LogP contribution >= 0.6 is 0 Å². The number of hydrogen-bond donors (Lipinski definition) is 1. The van der Waals surface area contributed by atoms with Gasteiger partial charge in [0, 0.05) is 5.92 Å². The van der Waals surface area contributed by atoms with Gasteiger partial charge < -0.3 is 14.2 Å². The third-order valence-electron chi connectivity index (χ3n) is 4.70. The molecule has 4 unspecified atom stereocenters. The molecule has 9 nitrogen and oxygen atoms in total. The highest BCUT2D eigenvalue weighted by atomic mass is 32.2. The Hall–Kier alpha value is -1.68. The van der Waals surface area contributed by atoms with Gasteiger partial charge in [-0.05, 0) is 18.8 Å². The fraction of sp³-hybridized carbons (Fsp3) is 0.769. The second kappa shape index (κ2) is 5.75. The number of fused-ring (bicyclic) bond motifs is 1. The first-order chi connectivity index (χ1) is 10.8. The maximum Gasteiger partial charge on any atom is 0.344 e. The van der Waals surface area contributed by atoms with Gasteiger partial charge in [-0.3, -0.25) is 14.1 Å². The first kappa shape index (κ1) is 16.2. The first-order valence-corrected chi connectivity index (χ1v) is 8.85. The summed E-state index contributed by atoms with van der Waals surface area (Å²) in [6, 6.07) is 0. The van der Waals surface area contributed by atoms with Gasteiger partial charge in [-0.2, -0.15) is 8.42 Å². The zero-order chi connectivity index (χ0) is 16.8. The Morgan fingerprint density at radius 1 is 1.26 bits per heavy atom. The molecule has 0 aromatic rings. The van der Waals surface area contributed by atoms with Crippen LogP contribution in [-0.2, 0) is 38.7 Å². The van der Waals surface area contributed by atoms with Crippen molar-refractivity contribution >= 4 is 28.0 Å². The largest absolute Gasteiger partial charge is 0.462 e. The Balaban J connectivity index is 1.45. The van der Waals surface area contributed by atoms with Crippen molar-refractivity contribution in [2.24, 2.45) is 23.7 Å². The van der Waals surface area contributed by atoms with E-state index in [0.29, 0.717) is 6.42 Å². The zero-order valence-electron chi connectivity index (χ0n) is 12.0. The van der Waals surface area contributed by atoms with Gasteiger partial charge in [0.05, 0.1) is 11.8 Å². The number of hydrogen-bond acceptors (Lipinski definition) is 8. The third-order valence-corrected chi connectivity index (χ3v) is 5.38. The molecule has 2 saturated carbocycles. The number of esters is 3. The van der Waals surface area contributed by atoms with E-state index in [4.69, 9.17) is 14.0 Å². The molecule has 1 heterocycles. The summed E-state index contributed by atoms with van der Waals surface area (Å²) >= 11 is 0. The maximum absolute atomic E-state index is 12.1. The minimum Gasteiger partial charge on any atom is -0.462 e. The van der Waals surface area contributed by atoms with Crippen molar-refractivity contribution < 1.29 is 41.6 Å². The molecule has 0 radical (unpaired) electrons. The van der Waals surface area contributed by atoms with Crippen LogP contribution in [0, 0.1) is 23.7 Å². The van der Waals surface area contributed by atoms with Crippen molar-refractivity contribution in [3.05, 3.63) is 0 Å². The van der Waals surface area contributed by atoms with Crippen molar-refractivity contribution in [2.75, 3.05) is 19.0 Å². The monoisotopic (exact) mass is 348 g/mol. The summed E-state index contributed by atoms with van der Waals surface area (Å²) in [5, 5.41) is 0. The Bertz CT molecular complexity index is 640. The molecule has 0 aromatic carbocycles. The minimum absolute atomic E-state index is 0.0319. The molecule has 10 heteroatoms. The lowest BCUT2D eigenvalue weighted by Gasteiger charge is -2.23. The molecular weight excluding hydrogens is 332 g/mol. The van der Waals surface area contributed by atoms with Crippen molar-refractivity contribution in [1.82, 2.24) is 0 Å². The van der Waals surface area contributed by atoms with Crippen LogP contribution in [0.15, 0.2) is 0 Å². The van der Waals surface area contributed by atoms with Gasteiger partial charge in [0.1, 0.15) is 18.5 Å². The van der Waals surface area contributed by atoms with Crippen LogP contribution < -0.4 is 0 Å². The van der Waals surface area contributed by atoms with E-state index < -0.39 is 53.0 Å². The van der Waals surface area contributed by atoms with Crippen LogP contribution in [-0.4, -0.2) is 55.9 Å². The SMILES string of the molecule is O=C(COC(=O)[C@@H]1C2CC3C(=O)OC1C3C2)OCCS(=O)(=O)O. The van der Waals surface area contributed by atoms with Gasteiger partial charge in [-0.1, -0.05) is 0 Å². The average molecular weight is 348 g/mol. The summed E-state index contributed by atoms with van der Waals surface area (Å²) in [6.45, 7) is -1.17. The lowest BCUT2D eigenvalue weighted by molar-refractivity contribution is -0.165. The third kappa shape index (κ3) is 3.18. The van der Waals surface area contributed by atoms with E-state index in [1.54, 1.807) is 0 Å². The van der Waals surface area contributed by atoms with E-state index in [1.165, 1.54) is 0 Å². The fourth-order valence-corrected chi connectivity index (χ4v) is 4.10. The standard InChI is InChI=1S/C13H16O9S/c14-9(20-1-2-23(17,18)19)5-21-13(16)10-6-3-7-8(4-6)12(15)22-11(7)10/h6-8,10-11H,1-5H2,(H,17,18,19)/t6?,7?,8?,10-,11?/m1/s1. The zero-order valence-corrected chi connectivity index (χ0v) is 12.9. The minimum atomic E-state index is -4.21. The number of ether oxygens (including phenoxy) is 3. The quantitative estimate of drug-likeness (QED) is 0.370. The van der Waals surface area contributed by atoms with E-state index in [9.17, 15) is 22.8 Å². The van der Waals surface area contributed by atoms with Gasteiger partial charge in [0.25, 0.3) is 10.1 Å². The smallest absolute Gasteiger partial charge is 0.344 e. The molecule has 0 aromatic heterocycles. The average Bonchev–Trinajstić information content (AvgIpc) is 3.05. The van der Waals surface area contributed by atoms with Gasteiger partial charge >= 0.3 is 17.9 Å². The Morgan fingerprint density at radius 2 is 2.00 bits per heavy atom. The number of carbonyl (C=O) groups is 3. The highest BCUT2D eigenvalue weighted by Crippen LogP contribution is 2.57. The van der Waals surface area contributed by atoms with Crippen LogP contribution in [0.2, 0.25) is 0 Å². The fourth-order valence-electron chi connectivity index (χ4n) is 3.81. The van der Waals surface area contributed by atoms with Crippen molar-refractivity contribution in [1.29, 1.82) is 0 Å². The van der Waals surface area contributed by atoms with E-state index in [0.717, 1.165) is 6.42 Å². The second-order valence-electron chi connectivity index (χ2n) is 6.04. The van der Waals surface area contributed by atoms with Crippen LogP contribution in [0.1, 0.15) is 12.8 Å². The van der Waals surface area contributed by atoms with Crippen molar-refractivity contribution in [3.8, 4) is 0 Å². The van der Waals surface area contributed by atoms with Gasteiger partial charge in [-0.15, -0.1) is 0 Å². The molecule has 128 valence electrons. The molecule has 1 aliphatic heterocycles. The molecular formula is C13H16O9S. The van der Waals surface area contributed by atoms with E-state index in [1.807, 2.05) is 0 Å². The van der Waals surface area contributed by atoms with E-state index in [2.05, 4.69) is 4.74 Å². The van der Waals surface area contributed by atoms with E-state index in [-0.39, 0.29) is 23.7 Å². The number of rotatable bonds is 6. The van der Waals surface area contributed by atoms with Crippen LogP contribution in [0.5, 0.6) is 0 Å². The second-order valence-corrected chi connectivity index (χ2v) is 7.62. The summed E-state index contributed by atoms with van der Waals surface area (Å²) in [5.41, 5.74) is 0. The summed E-state index contributed by atoms with van der Waals surface area (Å²) < 4.78 is 44.1.